The molecule has 0 radical (unpaired) electrons. The minimum Gasteiger partial charge on any atom is -0.306 e. The molecule has 1 aliphatic carbocycles. The number of aryl methyl sites for hydroxylation is 1. The van der Waals surface area contributed by atoms with E-state index in [-0.39, 0.29) is 0 Å². The lowest BCUT2D eigenvalue weighted by Gasteiger charge is -2.39. The Morgan fingerprint density at radius 3 is 2.69 bits per heavy atom. The highest BCUT2D eigenvalue weighted by Crippen LogP contribution is 2.31. The smallest absolute Gasteiger partial charge is 0.121 e. The zero-order valence-corrected chi connectivity index (χ0v) is 8.13. The highest BCUT2D eigenvalue weighted by atomic mass is 16.6. The molecule has 72 valence electrons. The van der Waals surface area contributed by atoms with E-state index >= 15 is 0 Å². The van der Waals surface area contributed by atoms with Crippen molar-refractivity contribution in [3.05, 3.63) is 11.4 Å². The van der Waals surface area contributed by atoms with E-state index in [0.29, 0.717) is 5.54 Å². The van der Waals surface area contributed by atoms with E-state index in [2.05, 4.69) is 27.2 Å². The van der Waals surface area contributed by atoms with Crippen molar-refractivity contribution in [2.75, 3.05) is 0 Å². The molecule has 0 atom stereocenters. The first kappa shape index (κ1) is 8.69. The van der Waals surface area contributed by atoms with Crippen LogP contribution in [0.15, 0.2) is 4.63 Å². The van der Waals surface area contributed by atoms with Crippen molar-refractivity contribution >= 4 is 0 Å². The molecule has 0 unspecified atom stereocenters. The third-order valence-electron chi connectivity index (χ3n) is 2.89. The van der Waals surface area contributed by atoms with Gasteiger partial charge >= 0.3 is 0 Å². The monoisotopic (exact) mass is 181 g/mol. The Bertz CT molecular complexity index is 291. The molecule has 0 amide bonds. The molecular formula is C9H15N3O. The maximum atomic E-state index is 4.62. The van der Waals surface area contributed by atoms with Crippen molar-refractivity contribution in [1.82, 2.24) is 15.6 Å². The van der Waals surface area contributed by atoms with Crippen LogP contribution in [0, 0.1) is 6.92 Å². The van der Waals surface area contributed by atoms with Crippen LogP contribution in [0.2, 0.25) is 0 Å². The van der Waals surface area contributed by atoms with Crippen molar-refractivity contribution in [3.8, 4) is 0 Å². The first-order valence-electron chi connectivity index (χ1n) is 4.73. The number of nitrogens with one attached hydrogen (secondary N) is 1. The first-order chi connectivity index (χ1) is 6.20. The minimum atomic E-state index is 0.325. The molecular weight excluding hydrogens is 166 g/mol. The van der Waals surface area contributed by atoms with Gasteiger partial charge < -0.3 is 5.32 Å². The maximum absolute atomic E-state index is 4.62. The van der Waals surface area contributed by atoms with Crippen LogP contribution in [0.5, 0.6) is 0 Å². The fraction of sp³-hybridized carbons (Fsp3) is 0.778. The second-order valence-electron chi connectivity index (χ2n) is 4.06. The lowest BCUT2D eigenvalue weighted by Crippen LogP contribution is -2.47. The average molecular weight is 181 g/mol. The van der Waals surface area contributed by atoms with Gasteiger partial charge in [0, 0.05) is 12.1 Å². The van der Waals surface area contributed by atoms with Crippen molar-refractivity contribution in [2.45, 2.75) is 45.2 Å². The van der Waals surface area contributed by atoms with E-state index in [4.69, 9.17) is 0 Å². The van der Waals surface area contributed by atoms with Gasteiger partial charge in [0.25, 0.3) is 0 Å². The molecule has 1 heterocycles. The summed E-state index contributed by atoms with van der Waals surface area (Å²) in [5, 5.41) is 11.0. The predicted octanol–water partition coefficient (Wildman–Crippen LogP) is 1.41. The Hall–Kier alpha value is -0.900. The van der Waals surface area contributed by atoms with Gasteiger partial charge in [0.05, 0.1) is 0 Å². The van der Waals surface area contributed by atoms with Crippen LogP contribution in [0.1, 0.15) is 37.6 Å². The fourth-order valence-electron chi connectivity index (χ4n) is 1.59. The van der Waals surface area contributed by atoms with E-state index in [9.17, 15) is 0 Å². The van der Waals surface area contributed by atoms with E-state index in [0.717, 1.165) is 17.9 Å². The van der Waals surface area contributed by atoms with Crippen molar-refractivity contribution in [1.29, 1.82) is 0 Å². The Balaban J connectivity index is 1.89. The third kappa shape index (κ3) is 1.72. The number of nitrogens with zero attached hydrogens (tertiary/aromatic N) is 2. The second-order valence-corrected chi connectivity index (χ2v) is 4.06. The largest absolute Gasteiger partial charge is 0.306 e. The highest BCUT2D eigenvalue weighted by Gasteiger charge is 2.31. The van der Waals surface area contributed by atoms with Gasteiger partial charge in [-0.05, 0) is 33.1 Å². The summed E-state index contributed by atoms with van der Waals surface area (Å²) in [6.45, 7) is 4.93. The lowest BCUT2D eigenvalue weighted by atomic mass is 9.78. The Morgan fingerprint density at radius 2 is 2.23 bits per heavy atom. The summed E-state index contributed by atoms with van der Waals surface area (Å²) in [5.74, 6) is 0. The molecule has 13 heavy (non-hydrogen) atoms. The van der Waals surface area contributed by atoms with Gasteiger partial charge in [-0.25, -0.2) is 4.63 Å². The summed E-state index contributed by atoms with van der Waals surface area (Å²) in [7, 11) is 0. The summed E-state index contributed by atoms with van der Waals surface area (Å²) < 4.78 is 4.62. The van der Waals surface area contributed by atoms with E-state index in [1.54, 1.807) is 0 Å². The molecule has 1 saturated carbocycles. The van der Waals surface area contributed by atoms with Crippen LogP contribution in [0.3, 0.4) is 0 Å². The SMILES string of the molecule is Cc1nonc1CNC1(C)CCC1. The van der Waals surface area contributed by atoms with Crippen molar-refractivity contribution in [3.63, 3.8) is 0 Å². The zero-order valence-electron chi connectivity index (χ0n) is 8.13. The first-order valence-corrected chi connectivity index (χ1v) is 4.73. The number of hydrogen-bond acceptors (Lipinski definition) is 4. The van der Waals surface area contributed by atoms with E-state index < -0.39 is 0 Å². The van der Waals surface area contributed by atoms with Gasteiger partial charge in [-0.15, -0.1) is 0 Å². The van der Waals surface area contributed by atoms with Gasteiger partial charge in [-0.1, -0.05) is 10.3 Å². The van der Waals surface area contributed by atoms with E-state index in [1.165, 1.54) is 19.3 Å². The quantitative estimate of drug-likeness (QED) is 0.766. The second kappa shape index (κ2) is 3.10. The summed E-state index contributed by atoms with van der Waals surface area (Å²) in [4.78, 5) is 0. The molecule has 0 spiro atoms. The Labute approximate surface area is 77.7 Å². The highest BCUT2D eigenvalue weighted by molar-refractivity contribution is 5.05. The molecule has 1 aromatic rings. The van der Waals surface area contributed by atoms with Gasteiger partial charge in [0.15, 0.2) is 0 Å². The number of rotatable bonds is 3. The van der Waals surface area contributed by atoms with Crippen LogP contribution in [0.4, 0.5) is 0 Å². The average Bonchev–Trinajstić information content (AvgIpc) is 2.44. The van der Waals surface area contributed by atoms with Crippen molar-refractivity contribution in [2.24, 2.45) is 0 Å². The van der Waals surface area contributed by atoms with Gasteiger partial charge in [-0.3, -0.25) is 0 Å². The standard InChI is InChI=1S/C9H15N3O/c1-7-8(12-13-11-7)6-10-9(2)4-3-5-9/h10H,3-6H2,1-2H3. The Morgan fingerprint density at radius 1 is 1.46 bits per heavy atom. The summed E-state index contributed by atoms with van der Waals surface area (Å²) in [6.07, 6.45) is 3.86. The zero-order chi connectivity index (χ0) is 9.31. The van der Waals surface area contributed by atoms with Crippen LogP contribution < -0.4 is 5.32 Å². The molecule has 1 N–H and O–H groups in total. The molecule has 4 nitrogen and oxygen atoms in total. The van der Waals surface area contributed by atoms with Gasteiger partial charge in [-0.2, -0.15) is 0 Å². The molecule has 1 fully saturated rings. The molecule has 1 aromatic heterocycles. The normalized spacial score (nSPS) is 19.8. The molecule has 2 rings (SSSR count). The maximum Gasteiger partial charge on any atom is 0.121 e. The molecule has 4 heteroatoms. The van der Waals surface area contributed by atoms with E-state index in [1.807, 2.05) is 6.92 Å². The topological polar surface area (TPSA) is 51.0 Å². The number of hydrogen-bond donors (Lipinski definition) is 1. The lowest BCUT2D eigenvalue weighted by molar-refractivity contribution is 0.204. The van der Waals surface area contributed by atoms with Crippen LogP contribution in [-0.2, 0) is 6.54 Å². The van der Waals surface area contributed by atoms with Crippen molar-refractivity contribution < 1.29 is 4.63 Å². The van der Waals surface area contributed by atoms with Gasteiger partial charge in [0.2, 0.25) is 0 Å². The fourth-order valence-corrected chi connectivity index (χ4v) is 1.59. The van der Waals surface area contributed by atoms with Crippen LogP contribution in [-0.4, -0.2) is 15.9 Å². The third-order valence-corrected chi connectivity index (χ3v) is 2.89. The molecule has 0 bridgehead atoms. The molecule has 0 aromatic carbocycles. The summed E-state index contributed by atoms with van der Waals surface area (Å²) >= 11 is 0. The summed E-state index contributed by atoms with van der Waals surface area (Å²) in [6, 6.07) is 0. The summed E-state index contributed by atoms with van der Waals surface area (Å²) in [5.41, 5.74) is 2.13. The van der Waals surface area contributed by atoms with Gasteiger partial charge in [0.1, 0.15) is 11.4 Å². The predicted molar refractivity (Wildman–Crippen MR) is 48.1 cm³/mol. The van der Waals surface area contributed by atoms with Crippen LogP contribution in [0.25, 0.3) is 0 Å². The minimum absolute atomic E-state index is 0.325. The Kier molecular flexibility index (Phi) is 2.07. The molecule has 0 aliphatic heterocycles. The van der Waals surface area contributed by atoms with Crippen LogP contribution >= 0.6 is 0 Å². The molecule has 1 aliphatic rings. The number of aromatic nitrogens is 2. The molecule has 0 saturated heterocycles.